The van der Waals surface area contributed by atoms with Gasteiger partial charge in [0, 0.05) is 25.3 Å². The molecule has 1 aromatic rings. The van der Waals surface area contributed by atoms with Crippen molar-refractivity contribution in [1.29, 1.82) is 0 Å². The molecule has 2 nitrogen and oxygen atoms in total. The Bertz CT molecular complexity index is 373. The summed E-state index contributed by atoms with van der Waals surface area (Å²) in [7, 11) is 4.10. The summed E-state index contributed by atoms with van der Waals surface area (Å²) >= 11 is 0. The van der Waals surface area contributed by atoms with Crippen LogP contribution in [0.4, 0.5) is 10.1 Å². The van der Waals surface area contributed by atoms with Gasteiger partial charge in [0.25, 0.3) is 0 Å². The Kier molecular flexibility index (Phi) is 4.59. The van der Waals surface area contributed by atoms with E-state index in [1.165, 1.54) is 31.7 Å². The molecule has 1 aliphatic carbocycles. The quantitative estimate of drug-likeness (QED) is 0.883. The molecule has 0 saturated heterocycles. The third kappa shape index (κ3) is 3.45. The van der Waals surface area contributed by atoms with Gasteiger partial charge in [-0.2, -0.15) is 0 Å². The predicted octanol–water partition coefficient (Wildman–Crippen LogP) is 3.04. The second kappa shape index (κ2) is 6.19. The molecule has 1 N–H and O–H groups in total. The number of nitrogens with zero attached hydrogens (tertiary/aromatic N) is 1. The largest absolute Gasteiger partial charge is 0.374 e. The maximum absolute atomic E-state index is 13.2. The number of halogens is 1. The summed E-state index contributed by atoms with van der Waals surface area (Å²) in [5.41, 5.74) is 0.978. The lowest BCUT2D eigenvalue weighted by Crippen LogP contribution is -2.34. The SMILES string of the molecule is CNC1CCC(CN(C)c2cccc(F)c2)CC1. The summed E-state index contributed by atoms with van der Waals surface area (Å²) < 4.78 is 13.2. The molecule has 0 amide bonds. The maximum Gasteiger partial charge on any atom is 0.125 e. The van der Waals surface area contributed by atoms with Crippen LogP contribution in [0.3, 0.4) is 0 Å². The van der Waals surface area contributed by atoms with Crippen LogP contribution in [0.2, 0.25) is 0 Å². The van der Waals surface area contributed by atoms with Gasteiger partial charge in [-0.1, -0.05) is 6.07 Å². The molecule has 0 atom stereocenters. The van der Waals surface area contributed by atoms with Crippen LogP contribution in [0.1, 0.15) is 25.7 Å². The van der Waals surface area contributed by atoms with Crippen LogP contribution in [0.15, 0.2) is 24.3 Å². The zero-order chi connectivity index (χ0) is 13.0. The molecule has 0 radical (unpaired) electrons. The number of rotatable bonds is 4. The van der Waals surface area contributed by atoms with Crippen molar-refractivity contribution in [2.45, 2.75) is 31.7 Å². The van der Waals surface area contributed by atoms with Crippen LogP contribution in [0.25, 0.3) is 0 Å². The van der Waals surface area contributed by atoms with Crippen molar-refractivity contribution < 1.29 is 4.39 Å². The fourth-order valence-corrected chi connectivity index (χ4v) is 2.84. The molecule has 3 heteroatoms. The van der Waals surface area contributed by atoms with Crippen molar-refractivity contribution >= 4 is 5.69 Å². The fourth-order valence-electron chi connectivity index (χ4n) is 2.84. The normalized spacial score (nSPS) is 23.9. The van der Waals surface area contributed by atoms with Gasteiger partial charge in [-0.05, 0) is 56.8 Å². The standard InChI is InChI=1S/C15H23FN2/c1-17-14-8-6-12(7-9-14)11-18(2)15-5-3-4-13(16)10-15/h3-5,10,12,14,17H,6-9,11H2,1-2H3. The van der Waals surface area contributed by atoms with Gasteiger partial charge >= 0.3 is 0 Å². The number of hydrogen-bond donors (Lipinski definition) is 1. The van der Waals surface area contributed by atoms with Crippen molar-refractivity contribution in [3.8, 4) is 0 Å². The molecule has 1 aliphatic rings. The van der Waals surface area contributed by atoms with Crippen molar-refractivity contribution in [2.75, 3.05) is 25.5 Å². The number of benzene rings is 1. The molecular formula is C15H23FN2. The lowest BCUT2D eigenvalue weighted by atomic mass is 9.86. The van der Waals surface area contributed by atoms with Gasteiger partial charge in [-0.3, -0.25) is 0 Å². The van der Waals surface area contributed by atoms with Gasteiger partial charge in [-0.15, -0.1) is 0 Å². The highest BCUT2D eigenvalue weighted by Gasteiger charge is 2.21. The first-order valence-electron chi connectivity index (χ1n) is 6.83. The highest BCUT2D eigenvalue weighted by atomic mass is 19.1. The van der Waals surface area contributed by atoms with E-state index in [2.05, 4.69) is 17.3 Å². The Morgan fingerprint density at radius 2 is 2.00 bits per heavy atom. The molecular weight excluding hydrogens is 227 g/mol. The van der Waals surface area contributed by atoms with Crippen LogP contribution < -0.4 is 10.2 Å². The van der Waals surface area contributed by atoms with Crippen LogP contribution >= 0.6 is 0 Å². The third-order valence-corrected chi connectivity index (χ3v) is 4.04. The highest BCUT2D eigenvalue weighted by Crippen LogP contribution is 2.26. The summed E-state index contributed by atoms with van der Waals surface area (Å²) in [6.45, 7) is 1.03. The number of hydrogen-bond acceptors (Lipinski definition) is 2. The number of anilines is 1. The van der Waals surface area contributed by atoms with Crippen molar-refractivity contribution in [3.05, 3.63) is 30.1 Å². The molecule has 0 aliphatic heterocycles. The van der Waals surface area contributed by atoms with E-state index >= 15 is 0 Å². The van der Waals surface area contributed by atoms with E-state index in [1.807, 2.05) is 13.1 Å². The second-order valence-electron chi connectivity index (χ2n) is 5.37. The van der Waals surface area contributed by atoms with E-state index in [9.17, 15) is 4.39 Å². The summed E-state index contributed by atoms with van der Waals surface area (Å²) in [5.74, 6) is 0.584. The fraction of sp³-hybridized carbons (Fsp3) is 0.600. The first kappa shape index (κ1) is 13.3. The van der Waals surface area contributed by atoms with Gasteiger partial charge < -0.3 is 10.2 Å². The van der Waals surface area contributed by atoms with Crippen LogP contribution in [0.5, 0.6) is 0 Å². The molecule has 0 spiro atoms. The third-order valence-electron chi connectivity index (χ3n) is 4.04. The van der Waals surface area contributed by atoms with Crippen LogP contribution in [0, 0.1) is 11.7 Å². The monoisotopic (exact) mass is 250 g/mol. The zero-order valence-corrected chi connectivity index (χ0v) is 11.3. The molecule has 100 valence electrons. The van der Waals surface area contributed by atoms with Gasteiger partial charge in [0.1, 0.15) is 5.82 Å². The lowest BCUT2D eigenvalue weighted by Gasteiger charge is -2.32. The first-order valence-corrected chi connectivity index (χ1v) is 6.83. The van der Waals surface area contributed by atoms with Gasteiger partial charge in [0.05, 0.1) is 0 Å². The lowest BCUT2D eigenvalue weighted by molar-refractivity contribution is 0.305. The van der Waals surface area contributed by atoms with Crippen LogP contribution in [-0.4, -0.2) is 26.7 Å². The summed E-state index contributed by atoms with van der Waals surface area (Å²) in [5, 5.41) is 3.35. The molecule has 1 fully saturated rings. The molecule has 1 aromatic carbocycles. The molecule has 0 bridgehead atoms. The van der Waals surface area contributed by atoms with E-state index in [0.29, 0.717) is 6.04 Å². The molecule has 2 rings (SSSR count). The minimum Gasteiger partial charge on any atom is -0.374 e. The van der Waals surface area contributed by atoms with Gasteiger partial charge in [0.2, 0.25) is 0 Å². The molecule has 0 heterocycles. The average Bonchev–Trinajstić information content (AvgIpc) is 2.39. The van der Waals surface area contributed by atoms with Crippen molar-refractivity contribution in [1.82, 2.24) is 5.32 Å². The van der Waals surface area contributed by atoms with E-state index in [-0.39, 0.29) is 5.82 Å². The Morgan fingerprint density at radius 1 is 1.28 bits per heavy atom. The zero-order valence-electron chi connectivity index (χ0n) is 11.3. The minimum atomic E-state index is -0.154. The van der Waals surface area contributed by atoms with Gasteiger partial charge in [0.15, 0.2) is 0 Å². The highest BCUT2D eigenvalue weighted by molar-refractivity contribution is 5.45. The smallest absolute Gasteiger partial charge is 0.125 e. The van der Waals surface area contributed by atoms with E-state index in [4.69, 9.17) is 0 Å². The maximum atomic E-state index is 13.2. The summed E-state index contributed by atoms with van der Waals surface area (Å²) in [6.07, 6.45) is 5.06. The van der Waals surface area contributed by atoms with E-state index < -0.39 is 0 Å². The topological polar surface area (TPSA) is 15.3 Å². The molecule has 0 unspecified atom stereocenters. The second-order valence-corrected chi connectivity index (χ2v) is 5.37. The minimum absolute atomic E-state index is 0.154. The summed E-state index contributed by atoms with van der Waals surface area (Å²) in [6, 6.07) is 7.55. The summed E-state index contributed by atoms with van der Waals surface area (Å²) in [4.78, 5) is 2.17. The molecule has 18 heavy (non-hydrogen) atoms. The average molecular weight is 250 g/mol. The van der Waals surface area contributed by atoms with Crippen LogP contribution in [-0.2, 0) is 0 Å². The predicted molar refractivity (Wildman–Crippen MR) is 74.5 cm³/mol. The Labute approximate surface area is 109 Å². The Morgan fingerprint density at radius 3 is 2.61 bits per heavy atom. The Balaban J connectivity index is 1.86. The van der Waals surface area contributed by atoms with Crippen molar-refractivity contribution in [3.63, 3.8) is 0 Å². The first-order chi connectivity index (χ1) is 8.69. The molecule has 0 aromatic heterocycles. The van der Waals surface area contributed by atoms with Crippen molar-refractivity contribution in [2.24, 2.45) is 5.92 Å². The molecule has 1 saturated carbocycles. The Hall–Kier alpha value is -1.09. The van der Waals surface area contributed by atoms with E-state index in [0.717, 1.165) is 18.2 Å². The van der Waals surface area contributed by atoms with E-state index in [1.54, 1.807) is 12.1 Å². The number of nitrogens with one attached hydrogen (secondary N) is 1. The van der Waals surface area contributed by atoms with Gasteiger partial charge in [-0.25, -0.2) is 4.39 Å².